The largest absolute Gasteiger partial charge is 0.387 e. The van der Waals surface area contributed by atoms with Gasteiger partial charge in [-0.25, -0.2) is 4.39 Å². The lowest BCUT2D eigenvalue weighted by molar-refractivity contribution is -0.143. The molecule has 0 radical (unpaired) electrons. The van der Waals surface area contributed by atoms with E-state index in [0.717, 1.165) is 11.1 Å². The molecule has 0 saturated carbocycles. The molecule has 1 aliphatic heterocycles. The molecule has 1 aliphatic rings. The fourth-order valence-corrected chi connectivity index (χ4v) is 4.42. The van der Waals surface area contributed by atoms with Crippen LogP contribution in [-0.4, -0.2) is 33.7 Å². The van der Waals surface area contributed by atoms with E-state index in [-0.39, 0.29) is 23.8 Å². The van der Waals surface area contributed by atoms with Crippen LogP contribution in [-0.2, 0) is 17.8 Å². The second-order valence-corrected chi connectivity index (χ2v) is 10.0. The number of carbonyl (C=O) groups is 1. The van der Waals surface area contributed by atoms with Crippen LogP contribution in [0.15, 0.2) is 54.6 Å². The molecule has 1 fully saturated rings. The Hall–Kier alpha value is -2.24. The average molecular weight is 427 g/mol. The van der Waals surface area contributed by atoms with E-state index in [2.05, 4.69) is 19.2 Å². The molecular weight excluding hydrogens is 391 g/mol. The Labute approximate surface area is 185 Å². The van der Waals surface area contributed by atoms with Crippen molar-refractivity contribution in [2.45, 2.75) is 71.8 Å². The fourth-order valence-electron chi connectivity index (χ4n) is 4.42. The number of amides is 1. The summed E-state index contributed by atoms with van der Waals surface area (Å²) in [5.41, 5.74) is 0.262. The van der Waals surface area contributed by atoms with E-state index in [1.807, 2.05) is 51.1 Å². The maximum absolute atomic E-state index is 13.6. The highest BCUT2D eigenvalue weighted by atomic mass is 19.1. The van der Waals surface area contributed by atoms with Gasteiger partial charge in [-0.15, -0.1) is 0 Å². The summed E-state index contributed by atoms with van der Waals surface area (Å²) >= 11 is 0. The van der Waals surface area contributed by atoms with Crippen LogP contribution in [0.3, 0.4) is 0 Å². The summed E-state index contributed by atoms with van der Waals surface area (Å²) in [5.74, 6) is -0.239. The predicted molar refractivity (Wildman–Crippen MR) is 122 cm³/mol. The van der Waals surface area contributed by atoms with Crippen LogP contribution >= 0.6 is 0 Å². The Bertz CT molecular complexity index is 877. The molecule has 1 heterocycles. The summed E-state index contributed by atoms with van der Waals surface area (Å²) in [7, 11) is 0. The number of benzene rings is 2. The highest BCUT2D eigenvalue weighted by molar-refractivity contribution is 5.86. The van der Waals surface area contributed by atoms with E-state index in [4.69, 9.17) is 0 Å². The van der Waals surface area contributed by atoms with Crippen molar-refractivity contribution in [2.24, 2.45) is 11.3 Å². The first kappa shape index (κ1) is 23.4. The molecule has 168 valence electrons. The van der Waals surface area contributed by atoms with Gasteiger partial charge >= 0.3 is 0 Å². The van der Waals surface area contributed by atoms with Crippen LogP contribution in [0, 0.1) is 17.2 Å². The van der Waals surface area contributed by atoms with Crippen LogP contribution in [0.4, 0.5) is 4.39 Å². The fraction of sp³-hybridized carbons (Fsp3) is 0.500. The van der Waals surface area contributed by atoms with Gasteiger partial charge in [0.1, 0.15) is 11.9 Å². The zero-order valence-corrected chi connectivity index (χ0v) is 19.2. The van der Waals surface area contributed by atoms with Crippen molar-refractivity contribution in [1.82, 2.24) is 10.2 Å². The van der Waals surface area contributed by atoms with Crippen molar-refractivity contribution in [3.63, 3.8) is 0 Å². The van der Waals surface area contributed by atoms with Crippen LogP contribution in [0.25, 0.3) is 0 Å². The maximum atomic E-state index is 13.6. The number of aliphatic hydroxyl groups is 1. The lowest BCUT2D eigenvalue weighted by Gasteiger charge is -2.44. The van der Waals surface area contributed by atoms with Crippen molar-refractivity contribution < 1.29 is 14.3 Å². The quantitative estimate of drug-likeness (QED) is 0.685. The predicted octanol–water partition coefficient (Wildman–Crippen LogP) is 4.52. The molecule has 5 heteroatoms. The van der Waals surface area contributed by atoms with E-state index < -0.39 is 17.1 Å². The van der Waals surface area contributed by atoms with Crippen LogP contribution in [0.2, 0.25) is 0 Å². The third-order valence-corrected chi connectivity index (χ3v) is 6.51. The second kappa shape index (κ2) is 9.09. The van der Waals surface area contributed by atoms with Gasteiger partial charge in [-0.2, -0.15) is 0 Å². The number of nitrogens with one attached hydrogen (secondary N) is 1. The van der Waals surface area contributed by atoms with Gasteiger partial charge in [0.2, 0.25) is 5.91 Å². The minimum absolute atomic E-state index is 0.103. The normalized spacial score (nSPS) is 21.5. The van der Waals surface area contributed by atoms with Gasteiger partial charge in [-0.05, 0) is 47.4 Å². The Morgan fingerprint density at radius 2 is 1.65 bits per heavy atom. The first-order chi connectivity index (χ1) is 14.5. The Morgan fingerprint density at radius 1 is 1.03 bits per heavy atom. The van der Waals surface area contributed by atoms with Crippen LogP contribution < -0.4 is 5.32 Å². The monoisotopic (exact) mass is 426 g/mol. The third kappa shape index (κ3) is 4.99. The molecule has 0 aliphatic carbocycles. The maximum Gasteiger partial charge on any atom is 0.244 e. The van der Waals surface area contributed by atoms with E-state index in [9.17, 15) is 14.3 Å². The first-order valence-electron chi connectivity index (χ1n) is 11.1. The molecule has 0 bridgehead atoms. The molecule has 2 aromatic rings. The standard InChI is InChI=1S/C26H35FN2O2/c1-18(2)23-28-22(24(30)29(23)17-20-11-13-21(27)14-12-20)26(31,25(3,4)5)16-15-19-9-7-6-8-10-19/h6-14,18,22-23,28,31H,15-17H2,1-5H3/t22-,23?,26+/m1/s1. The van der Waals surface area contributed by atoms with Crippen molar-refractivity contribution >= 4 is 5.91 Å². The average Bonchev–Trinajstić information content (AvgIpc) is 3.05. The summed E-state index contributed by atoms with van der Waals surface area (Å²) < 4.78 is 13.3. The molecule has 4 nitrogen and oxygen atoms in total. The van der Waals surface area contributed by atoms with Gasteiger partial charge in [0.25, 0.3) is 0 Å². The van der Waals surface area contributed by atoms with Crippen molar-refractivity contribution in [1.29, 1.82) is 0 Å². The molecule has 1 unspecified atom stereocenters. The molecule has 2 aromatic carbocycles. The van der Waals surface area contributed by atoms with E-state index >= 15 is 0 Å². The highest BCUT2D eigenvalue weighted by Crippen LogP contribution is 2.40. The van der Waals surface area contributed by atoms with Gasteiger partial charge in [-0.3, -0.25) is 10.1 Å². The molecule has 1 saturated heterocycles. The molecule has 3 atom stereocenters. The Kier molecular flexibility index (Phi) is 6.87. The zero-order chi connectivity index (χ0) is 22.8. The summed E-state index contributed by atoms with van der Waals surface area (Å²) in [6.45, 7) is 10.5. The number of nitrogens with zero attached hydrogens (tertiary/aromatic N) is 1. The molecular formula is C26H35FN2O2. The lowest BCUT2D eigenvalue weighted by Crippen LogP contribution is -2.60. The van der Waals surface area contributed by atoms with Gasteiger partial charge in [0, 0.05) is 6.54 Å². The highest BCUT2D eigenvalue weighted by Gasteiger charge is 2.55. The first-order valence-corrected chi connectivity index (χ1v) is 11.1. The molecule has 0 spiro atoms. The number of carbonyl (C=O) groups excluding carboxylic acids is 1. The van der Waals surface area contributed by atoms with Gasteiger partial charge in [0.05, 0.1) is 11.8 Å². The topological polar surface area (TPSA) is 52.6 Å². The van der Waals surface area contributed by atoms with E-state index in [0.29, 0.717) is 19.4 Å². The van der Waals surface area contributed by atoms with Crippen molar-refractivity contribution in [3.05, 3.63) is 71.5 Å². The second-order valence-electron chi connectivity index (χ2n) is 10.0. The van der Waals surface area contributed by atoms with Gasteiger partial charge in [-0.1, -0.05) is 77.1 Å². The summed E-state index contributed by atoms with van der Waals surface area (Å²) in [5, 5.41) is 15.4. The lowest BCUT2D eigenvalue weighted by atomic mass is 9.69. The molecule has 2 N–H and O–H groups in total. The van der Waals surface area contributed by atoms with Crippen molar-refractivity contribution in [3.8, 4) is 0 Å². The SMILES string of the molecule is CC(C)C1N[C@@H]([C@@](O)(CCc2ccccc2)C(C)(C)C)C(=O)N1Cc1ccc(F)cc1. The Morgan fingerprint density at radius 3 is 2.19 bits per heavy atom. The number of hydrogen-bond acceptors (Lipinski definition) is 3. The number of hydrogen-bond donors (Lipinski definition) is 2. The third-order valence-electron chi connectivity index (χ3n) is 6.51. The van der Waals surface area contributed by atoms with Crippen LogP contribution in [0.5, 0.6) is 0 Å². The summed E-state index contributed by atoms with van der Waals surface area (Å²) in [4.78, 5) is 15.4. The van der Waals surface area contributed by atoms with E-state index in [1.54, 1.807) is 17.0 Å². The number of rotatable bonds is 7. The minimum atomic E-state index is -1.23. The zero-order valence-electron chi connectivity index (χ0n) is 19.2. The van der Waals surface area contributed by atoms with Gasteiger partial charge < -0.3 is 10.0 Å². The summed E-state index contributed by atoms with van der Waals surface area (Å²) in [6.07, 6.45) is 0.955. The van der Waals surface area contributed by atoms with Crippen LogP contribution in [0.1, 0.15) is 52.2 Å². The molecule has 31 heavy (non-hydrogen) atoms. The minimum Gasteiger partial charge on any atom is -0.387 e. The van der Waals surface area contributed by atoms with Crippen molar-refractivity contribution in [2.75, 3.05) is 0 Å². The van der Waals surface area contributed by atoms with E-state index in [1.165, 1.54) is 12.1 Å². The smallest absolute Gasteiger partial charge is 0.244 e. The molecule has 0 aromatic heterocycles. The number of halogens is 1. The molecule has 3 rings (SSSR count). The summed E-state index contributed by atoms with van der Waals surface area (Å²) in [6, 6.07) is 15.6. The van der Waals surface area contributed by atoms with Gasteiger partial charge in [0.15, 0.2) is 0 Å². The number of aryl methyl sites for hydroxylation is 1. The molecule has 1 amide bonds. The Balaban J connectivity index is 1.88.